The van der Waals surface area contributed by atoms with Gasteiger partial charge in [0.05, 0.1) is 11.6 Å². The number of hydrogen-bond acceptors (Lipinski definition) is 7. The number of carbonyl (C=O) groups excluding carboxylic acids is 2. The summed E-state index contributed by atoms with van der Waals surface area (Å²) in [5.41, 5.74) is 1.04. The van der Waals surface area contributed by atoms with Crippen molar-refractivity contribution in [2.24, 2.45) is 5.92 Å². The summed E-state index contributed by atoms with van der Waals surface area (Å²) < 4.78 is 0. The first-order valence-corrected chi connectivity index (χ1v) is 9.93. The molecule has 0 spiro atoms. The molecule has 2 aliphatic rings. The molecule has 0 bridgehead atoms. The standard InChI is InChI=1S/C18H22N6O2S/c1-13-20-21-18(27-13)24-11-14(10-16(24)25)17(26)23-8-6-22(7-9-23)12-15-4-2-3-5-19-15/h2-5,14H,6-12H2,1H3. The van der Waals surface area contributed by atoms with Gasteiger partial charge in [-0.25, -0.2) is 0 Å². The largest absolute Gasteiger partial charge is 0.340 e. The summed E-state index contributed by atoms with van der Waals surface area (Å²) in [7, 11) is 0. The highest BCUT2D eigenvalue weighted by Gasteiger charge is 2.39. The minimum atomic E-state index is -0.288. The van der Waals surface area contributed by atoms with E-state index in [-0.39, 0.29) is 24.2 Å². The van der Waals surface area contributed by atoms with E-state index in [0.29, 0.717) is 24.8 Å². The van der Waals surface area contributed by atoms with Crippen molar-refractivity contribution in [1.82, 2.24) is 25.0 Å². The molecular weight excluding hydrogens is 364 g/mol. The van der Waals surface area contributed by atoms with Gasteiger partial charge in [-0.2, -0.15) is 0 Å². The van der Waals surface area contributed by atoms with Crippen LogP contribution in [0, 0.1) is 12.8 Å². The summed E-state index contributed by atoms with van der Waals surface area (Å²) in [6.45, 7) is 6.08. The van der Waals surface area contributed by atoms with Crippen LogP contribution in [0.2, 0.25) is 0 Å². The van der Waals surface area contributed by atoms with Crippen molar-refractivity contribution < 1.29 is 9.59 Å². The first-order chi connectivity index (χ1) is 13.1. The highest BCUT2D eigenvalue weighted by Crippen LogP contribution is 2.28. The third-order valence-electron chi connectivity index (χ3n) is 5.02. The number of nitrogens with zero attached hydrogens (tertiary/aromatic N) is 6. The highest BCUT2D eigenvalue weighted by molar-refractivity contribution is 7.15. The lowest BCUT2D eigenvalue weighted by Crippen LogP contribution is -2.50. The van der Waals surface area contributed by atoms with Gasteiger partial charge in [-0.3, -0.25) is 24.4 Å². The van der Waals surface area contributed by atoms with Gasteiger partial charge in [0, 0.05) is 51.9 Å². The van der Waals surface area contributed by atoms with Crippen molar-refractivity contribution in [2.45, 2.75) is 19.9 Å². The number of hydrogen-bond donors (Lipinski definition) is 0. The van der Waals surface area contributed by atoms with E-state index in [2.05, 4.69) is 20.1 Å². The molecule has 0 N–H and O–H groups in total. The van der Waals surface area contributed by atoms with Crippen molar-refractivity contribution in [3.63, 3.8) is 0 Å². The van der Waals surface area contributed by atoms with Gasteiger partial charge < -0.3 is 4.90 Å². The van der Waals surface area contributed by atoms with Crippen LogP contribution in [0.5, 0.6) is 0 Å². The SMILES string of the molecule is Cc1nnc(N2CC(C(=O)N3CCN(Cc4ccccn4)CC3)CC2=O)s1. The minimum Gasteiger partial charge on any atom is -0.340 e. The van der Waals surface area contributed by atoms with Crippen LogP contribution >= 0.6 is 11.3 Å². The van der Waals surface area contributed by atoms with Gasteiger partial charge >= 0.3 is 0 Å². The number of carbonyl (C=O) groups is 2. The molecule has 2 aromatic rings. The monoisotopic (exact) mass is 386 g/mol. The Hall–Kier alpha value is -2.39. The zero-order valence-corrected chi connectivity index (χ0v) is 16.1. The molecule has 2 fully saturated rings. The van der Waals surface area contributed by atoms with Crippen LogP contribution in [-0.4, -0.2) is 69.5 Å². The predicted molar refractivity (Wildman–Crippen MR) is 101 cm³/mol. The van der Waals surface area contributed by atoms with Crippen LogP contribution < -0.4 is 4.90 Å². The van der Waals surface area contributed by atoms with E-state index >= 15 is 0 Å². The average molecular weight is 386 g/mol. The van der Waals surface area contributed by atoms with E-state index in [1.165, 1.54) is 11.3 Å². The quantitative estimate of drug-likeness (QED) is 0.778. The Morgan fingerprint density at radius 1 is 1.22 bits per heavy atom. The molecule has 2 saturated heterocycles. The molecule has 1 unspecified atom stereocenters. The summed E-state index contributed by atoms with van der Waals surface area (Å²) in [4.78, 5) is 35.4. The zero-order chi connectivity index (χ0) is 18.8. The summed E-state index contributed by atoms with van der Waals surface area (Å²) in [6, 6.07) is 5.92. The second kappa shape index (κ2) is 7.69. The first kappa shape index (κ1) is 18.0. The maximum absolute atomic E-state index is 12.9. The number of piperazine rings is 1. The molecule has 0 radical (unpaired) electrons. The lowest BCUT2D eigenvalue weighted by atomic mass is 10.1. The molecule has 2 aliphatic heterocycles. The van der Waals surface area contributed by atoms with Gasteiger partial charge in [-0.05, 0) is 19.1 Å². The van der Waals surface area contributed by atoms with Crippen LogP contribution in [0.1, 0.15) is 17.1 Å². The number of rotatable bonds is 4. The number of aromatic nitrogens is 3. The molecule has 9 heteroatoms. The van der Waals surface area contributed by atoms with Crippen LogP contribution in [0.25, 0.3) is 0 Å². The third kappa shape index (κ3) is 3.98. The Kier molecular flexibility index (Phi) is 5.13. The van der Waals surface area contributed by atoms with Crippen molar-refractivity contribution in [1.29, 1.82) is 0 Å². The number of amides is 2. The highest BCUT2D eigenvalue weighted by atomic mass is 32.1. The molecule has 4 rings (SSSR count). The molecule has 8 nitrogen and oxygen atoms in total. The topological polar surface area (TPSA) is 82.5 Å². The van der Waals surface area contributed by atoms with E-state index in [1.807, 2.05) is 30.0 Å². The average Bonchev–Trinajstić information content (AvgIpc) is 3.28. The smallest absolute Gasteiger partial charge is 0.229 e. The van der Waals surface area contributed by atoms with Gasteiger partial charge in [0.25, 0.3) is 0 Å². The summed E-state index contributed by atoms with van der Waals surface area (Å²) in [6.07, 6.45) is 2.06. The molecule has 27 heavy (non-hydrogen) atoms. The fraction of sp³-hybridized carbons (Fsp3) is 0.500. The third-order valence-corrected chi connectivity index (χ3v) is 5.88. The van der Waals surface area contributed by atoms with Crippen molar-refractivity contribution in [3.05, 3.63) is 35.1 Å². The fourth-order valence-corrected chi connectivity index (χ4v) is 4.27. The van der Waals surface area contributed by atoms with Crippen LogP contribution in [-0.2, 0) is 16.1 Å². The molecule has 0 aliphatic carbocycles. The van der Waals surface area contributed by atoms with Crippen LogP contribution in [0.3, 0.4) is 0 Å². The Bertz CT molecular complexity index is 818. The van der Waals surface area contributed by atoms with E-state index in [0.717, 1.165) is 30.3 Å². The second-order valence-electron chi connectivity index (χ2n) is 6.93. The fourth-order valence-electron chi connectivity index (χ4n) is 3.56. The molecule has 0 aromatic carbocycles. The Morgan fingerprint density at radius 3 is 2.70 bits per heavy atom. The molecule has 4 heterocycles. The van der Waals surface area contributed by atoms with Crippen molar-refractivity contribution >= 4 is 28.3 Å². The van der Waals surface area contributed by atoms with Gasteiger partial charge in [0.2, 0.25) is 16.9 Å². The first-order valence-electron chi connectivity index (χ1n) is 9.11. The van der Waals surface area contributed by atoms with E-state index in [9.17, 15) is 9.59 Å². The summed E-state index contributed by atoms with van der Waals surface area (Å²) in [5.74, 6) is -0.257. The summed E-state index contributed by atoms with van der Waals surface area (Å²) >= 11 is 1.38. The number of pyridine rings is 1. The summed E-state index contributed by atoms with van der Waals surface area (Å²) in [5, 5.41) is 9.41. The van der Waals surface area contributed by atoms with E-state index in [1.54, 1.807) is 11.1 Å². The van der Waals surface area contributed by atoms with Crippen molar-refractivity contribution in [2.75, 3.05) is 37.6 Å². The Balaban J connectivity index is 1.31. The second-order valence-corrected chi connectivity index (χ2v) is 8.09. The van der Waals surface area contributed by atoms with E-state index < -0.39 is 0 Å². The Morgan fingerprint density at radius 2 is 2.04 bits per heavy atom. The minimum absolute atomic E-state index is 0.0433. The predicted octanol–water partition coefficient (Wildman–Crippen LogP) is 0.939. The van der Waals surface area contributed by atoms with Gasteiger partial charge in [0.1, 0.15) is 5.01 Å². The van der Waals surface area contributed by atoms with Crippen LogP contribution in [0.4, 0.5) is 5.13 Å². The van der Waals surface area contributed by atoms with Gasteiger partial charge in [-0.15, -0.1) is 10.2 Å². The van der Waals surface area contributed by atoms with E-state index in [4.69, 9.17) is 0 Å². The maximum atomic E-state index is 12.9. The van der Waals surface area contributed by atoms with Gasteiger partial charge in [-0.1, -0.05) is 17.4 Å². The molecule has 2 amide bonds. The lowest BCUT2D eigenvalue weighted by molar-refractivity contribution is -0.137. The normalized spacial score (nSPS) is 21.1. The molecule has 1 atom stereocenters. The number of anilines is 1. The zero-order valence-electron chi connectivity index (χ0n) is 15.2. The molecule has 142 valence electrons. The lowest BCUT2D eigenvalue weighted by Gasteiger charge is -2.35. The van der Waals surface area contributed by atoms with Crippen LogP contribution in [0.15, 0.2) is 24.4 Å². The Labute approximate surface area is 161 Å². The maximum Gasteiger partial charge on any atom is 0.229 e. The molecular formula is C18H22N6O2S. The van der Waals surface area contributed by atoms with Gasteiger partial charge in [0.15, 0.2) is 0 Å². The number of aryl methyl sites for hydroxylation is 1. The van der Waals surface area contributed by atoms with Crippen molar-refractivity contribution in [3.8, 4) is 0 Å². The molecule has 0 saturated carbocycles. The molecule has 2 aromatic heterocycles.